The lowest BCUT2D eigenvalue weighted by Gasteiger charge is -2.37. The molecule has 138 valence electrons. The van der Waals surface area contributed by atoms with Gasteiger partial charge in [0.1, 0.15) is 12.1 Å². The van der Waals surface area contributed by atoms with Crippen molar-refractivity contribution in [2.24, 2.45) is 0 Å². The van der Waals surface area contributed by atoms with Gasteiger partial charge in [0.05, 0.1) is 0 Å². The topological polar surface area (TPSA) is 67.2 Å². The van der Waals surface area contributed by atoms with Gasteiger partial charge in [-0.1, -0.05) is 30.3 Å². The standard InChI is InChI=1S/C19H19FN6O/c20-16-6-8-17(9-7-16)24-10-12-25(13-11-24)19(27)18(26-14-21-22-23-26)15-4-2-1-3-5-15/h1-9,14,18H,10-13H2. The van der Waals surface area contributed by atoms with Crippen LogP contribution in [0.2, 0.25) is 0 Å². The number of rotatable bonds is 4. The maximum Gasteiger partial charge on any atom is 0.252 e. The Labute approximate surface area is 156 Å². The summed E-state index contributed by atoms with van der Waals surface area (Å²) in [6.45, 7) is 2.55. The monoisotopic (exact) mass is 366 g/mol. The molecule has 1 aliphatic heterocycles. The minimum Gasteiger partial charge on any atom is -0.368 e. The van der Waals surface area contributed by atoms with Gasteiger partial charge in [0.2, 0.25) is 0 Å². The van der Waals surface area contributed by atoms with E-state index in [4.69, 9.17) is 0 Å². The van der Waals surface area contributed by atoms with Crippen LogP contribution in [0, 0.1) is 5.82 Å². The molecule has 7 nitrogen and oxygen atoms in total. The van der Waals surface area contributed by atoms with Crippen LogP contribution in [0.5, 0.6) is 0 Å². The minimum atomic E-state index is -0.585. The summed E-state index contributed by atoms with van der Waals surface area (Å²) in [5.41, 5.74) is 1.80. The molecule has 27 heavy (non-hydrogen) atoms. The molecule has 1 aromatic heterocycles. The zero-order valence-corrected chi connectivity index (χ0v) is 14.6. The van der Waals surface area contributed by atoms with E-state index in [9.17, 15) is 9.18 Å². The number of amides is 1. The fourth-order valence-electron chi connectivity index (χ4n) is 3.34. The van der Waals surface area contributed by atoms with Gasteiger partial charge < -0.3 is 9.80 Å². The summed E-state index contributed by atoms with van der Waals surface area (Å²) in [5, 5.41) is 11.3. The molecule has 0 saturated carbocycles. The predicted octanol–water partition coefficient (Wildman–Crippen LogP) is 1.75. The molecule has 0 N–H and O–H groups in total. The van der Waals surface area contributed by atoms with E-state index in [1.54, 1.807) is 12.1 Å². The number of hydrogen-bond acceptors (Lipinski definition) is 5. The molecule has 1 saturated heterocycles. The Balaban J connectivity index is 1.49. The Morgan fingerprint density at radius 3 is 2.30 bits per heavy atom. The smallest absolute Gasteiger partial charge is 0.252 e. The van der Waals surface area contributed by atoms with Crippen LogP contribution in [0.25, 0.3) is 0 Å². The van der Waals surface area contributed by atoms with Gasteiger partial charge in [0, 0.05) is 31.9 Å². The number of piperazine rings is 1. The van der Waals surface area contributed by atoms with Crippen molar-refractivity contribution in [1.82, 2.24) is 25.1 Å². The second kappa shape index (κ2) is 7.53. The lowest BCUT2D eigenvalue weighted by Crippen LogP contribution is -2.50. The van der Waals surface area contributed by atoms with E-state index >= 15 is 0 Å². The van der Waals surface area contributed by atoms with Crippen molar-refractivity contribution in [1.29, 1.82) is 0 Å². The second-order valence-electron chi connectivity index (χ2n) is 6.39. The van der Waals surface area contributed by atoms with Gasteiger partial charge in [-0.15, -0.1) is 5.10 Å². The summed E-state index contributed by atoms with van der Waals surface area (Å²) in [5.74, 6) is -0.285. The summed E-state index contributed by atoms with van der Waals surface area (Å²) >= 11 is 0. The lowest BCUT2D eigenvalue weighted by atomic mass is 10.1. The predicted molar refractivity (Wildman–Crippen MR) is 97.6 cm³/mol. The quantitative estimate of drug-likeness (QED) is 0.704. The number of carbonyl (C=O) groups excluding carboxylic acids is 1. The van der Waals surface area contributed by atoms with Crippen LogP contribution >= 0.6 is 0 Å². The van der Waals surface area contributed by atoms with Gasteiger partial charge in [0.25, 0.3) is 5.91 Å². The largest absolute Gasteiger partial charge is 0.368 e. The van der Waals surface area contributed by atoms with Gasteiger partial charge in [-0.05, 0) is 40.3 Å². The lowest BCUT2D eigenvalue weighted by molar-refractivity contribution is -0.134. The van der Waals surface area contributed by atoms with Crippen LogP contribution < -0.4 is 4.90 Å². The first-order chi connectivity index (χ1) is 13.2. The summed E-state index contributed by atoms with van der Waals surface area (Å²) in [4.78, 5) is 17.2. The highest BCUT2D eigenvalue weighted by Crippen LogP contribution is 2.22. The molecule has 3 aromatic rings. The van der Waals surface area contributed by atoms with Crippen LogP contribution in [-0.4, -0.2) is 57.2 Å². The molecule has 0 radical (unpaired) electrons. The number of aromatic nitrogens is 4. The fraction of sp³-hybridized carbons (Fsp3) is 0.263. The summed E-state index contributed by atoms with van der Waals surface area (Å²) in [6.07, 6.45) is 1.46. The number of carbonyl (C=O) groups is 1. The highest BCUT2D eigenvalue weighted by molar-refractivity contribution is 5.83. The van der Waals surface area contributed by atoms with E-state index in [1.165, 1.54) is 23.1 Å². The van der Waals surface area contributed by atoms with Gasteiger partial charge >= 0.3 is 0 Å². The first-order valence-electron chi connectivity index (χ1n) is 8.79. The average molecular weight is 366 g/mol. The first kappa shape index (κ1) is 17.1. The third kappa shape index (κ3) is 3.64. The Morgan fingerprint density at radius 2 is 1.67 bits per heavy atom. The Kier molecular flexibility index (Phi) is 4.78. The molecule has 2 aromatic carbocycles. The highest BCUT2D eigenvalue weighted by Gasteiger charge is 2.30. The van der Waals surface area contributed by atoms with Crippen LogP contribution in [-0.2, 0) is 4.79 Å². The Hall–Kier alpha value is -3.29. The Morgan fingerprint density at radius 1 is 0.963 bits per heavy atom. The average Bonchev–Trinajstić information content (AvgIpc) is 3.24. The minimum absolute atomic E-state index is 0.0349. The molecule has 4 rings (SSSR count). The van der Waals surface area contributed by atoms with E-state index in [1.807, 2.05) is 35.2 Å². The van der Waals surface area contributed by atoms with Crippen molar-refractivity contribution < 1.29 is 9.18 Å². The van der Waals surface area contributed by atoms with E-state index in [2.05, 4.69) is 20.4 Å². The maximum atomic E-state index is 13.2. The highest BCUT2D eigenvalue weighted by atomic mass is 19.1. The maximum absolute atomic E-state index is 13.2. The molecule has 1 atom stereocenters. The normalized spacial score (nSPS) is 15.6. The van der Waals surface area contributed by atoms with Crippen LogP contribution in [0.1, 0.15) is 11.6 Å². The molecule has 0 aliphatic carbocycles. The van der Waals surface area contributed by atoms with Crippen molar-refractivity contribution in [3.8, 4) is 0 Å². The third-order valence-corrected chi connectivity index (χ3v) is 4.76. The molecule has 1 unspecified atom stereocenters. The number of halogens is 1. The number of hydrogen-bond donors (Lipinski definition) is 0. The van der Waals surface area contributed by atoms with Gasteiger partial charge in [-0.3, -0.25) is 4.79 Å². The van der Waals surface area contributed by atoms with Crippen molar-refractivity contribution in [3.63, 3.8) is 0 Å². The van der Waals surface area contributed by atoms with Crippen molar-refractivity contribution in [2.75, 3.05) is 31.1 Å². The molecule has 8 heteroatoms. The van der Waals surface area contributed by atoms with Crippen LogP contribution in [0.3, 0.4) is 0 Å². The zero-order chi connectivity index (χ0) is 18.6. The molecular weight excluding hydrogens is 347 g/mol. The van der Waals surface area contributed by atoms with Crippen LogP contribution in [0.15, 0.2) is 60.9 Å². The summed E-state index contributed by atoms with van der Waals surface area (Å²) in [6, 6.07) is 15.4. The molecule has 0 spiro atoms. The number of tetrazole rings is 1. The number of nitrogens with zero attached hydrogens (tertiary/aromatic N) is 6. The van der Waals surface area contributed by atoms with E-state index in [-0.39, 0.29) is 11.7 Å². The number of benzene rings is 2. The number of anilines is 1. The zero-order valence-electron chi connectivity index (χ0n) is 14.6. The fourth-order valence-corrected chi connectivity index (χ4v) is 3.34. The molecule has 1 aliphatic rings. The summed E-state index contributed by atoms with van der Waals surface area (Å²) in [7, 11) is 0. The van der Waals surface area contributed by atoms with Gasteiger partial charge in [-0.25, -0.2) is 9.07 Å². The van der Waals surface area contributed by atoms with Gasteiger partial charge in [0.15, 0.2) is 6.04 Å². The SMILES string of the molecule is O=C(C(c1ccccc1)n1cnnn1)N1CCN(c2ccc(F)cc2)CC1. The first-order valence-corrected chi connectivity index (χ1v) is 8.79. The molecule has 2 heterocycles. The van der Waals surface area contributed by atoms with E-state index in [0.29, 0.717) is 26.2 Å². The van der Waals surface area contributed by atoms with E-state index < -0.39 is 6.04 Å². The third-order valence-electron chi connectivity index (χ3n) is 4.76. The van der Waals surface area contributed by atoms with Crippen molar-refractivity contribution in [3.05, 3.63) is 72.3 Å². The molecule has 0 bridgehead atoms. The van der Waals surface area contributed by atoms with Crippen LogP contribution in [0.4, 0.5) is 10.1 Å². The molecule has 1 amide bonds. The Bertz CT molecular complexity index is 876. The van der Waals surface area contributed by atoms with Gasteiger partial charge in [-0.2, -0.15) is 0 Å². The van der Waals surface area contributed by atoms with Crippen molar-refractivity contribution >= 4 is 11.6 Å². The molecular formula is C19H19FN6O. The second-order valence-corrected chi connectivity index (χ2v) is 6.39. The summed E-state index contributed by atoms with van der Waals surface area (Å²) < 4.78 is 14.6. The van der Waals surface area contributed by atoms with Crippen molar-refractivity contribution in [2.45, 2.75) is 6.04 Å². The molecule has 1 fully saturated rings. The van der Waals surface area contributed by atoms with E-state index in [0.717, 1.165) is 11.3 Å².